The number of rotatable bonds is 7. The second kappa shape index (κ2) is 8.33. The van der Waals surface area contributed by atoms with Crippen LogP contribution in [-0.2, 0) is 20.0 Å². The summed E-state index contributed by atoms with van der Waals surface area (Å²) in [5, 5.41) is 0. The van der Waals surface area contributed by atoms with Crippen LogP contribution in [0.3, 0.4) is 0 Å². The molecule has 0 aromatic heterocycles. The van der Waals surface area contributed by atoms with Gasteiger partial charge in [0, 0.05) is 18.8 Å². The molecule has 1 aliphatic heterocycles. The van der Waals surface area contributed by atoms with Crippen molar-refractivity contribution in [2.24, 2.45) is 0 Å². The highest BCUT2D eigenvalue weighted by Gasteiger charge is 2.27. The van der Waals surface area contributed by atoms with Gasteiger partial charge in [-0.15, -0.1) is 0 Å². The minimum Gasteiger partial charge on any atom is -0.496 e. The van der Waals surface area contributed by atoms with E-state index in [4.69, 9.17) is 4.74 Å². The highest BCUT2D eigenvalue weighted by atomic mass is 32.2. The molecule has 0 amide bonds. The Morgan fingerprint density at radius 3 is 2.07 bits per heavy atom. The van der Waals surface area contributed by atoms with Crippen molar-refractivity contribution in [1.82, 2.24) is 4.31 Å². The van der Waals surface area contributed by atoms with E-state index in [0.717, 1.165) is 18.4 Å². The molecule has 1 saturated heterocycles. The molecule has 0 bridgehead atoms. The second-order valence-corrected chi connectivity index (χ2v) is 10.9. The minimum absolute atomic E-state index is 0.0928. The van der Waals surface area contributed by atoms with Gasteiger partial charge in [0.15, 0.2) is 0 Å². The molecule has 0 radical (unpaired) electrons. The zero-order valence-electron chi connectivity index (χ0n) is 16.8. The van der Waals surface area contributed by atoms with Gasteiger partial charge >= 0.3 is 0 Å². The average Bonchev–Trinajstić information content (AvgIpc) is 3.23. The summed E-state index contributed by atoms with van der Waals surface area (Å²) in [5.74, 6) is 0.727. The Kier molecular flexibility index (Phi) is 6.21. The Morgan fingerprint density at radius 2 is 1.52 bits per heavy atom. The van der Waals surface area contributed by atoms with Crippen molar-refractivity contribution < 1.29 is 21.6 Å². The third kappa shape index (κ3) is 4.57. The third-order valence-electron chi connectivity index (χ3n) is 4.94. The molecule has 0 unspecified atom stereocenters. The molecule has 3 rings (SSSR count). The predicted octanol–water partition coefficient (Wildman–Crippen LogP) is 3.40. The lowest BCUT2D eigenvalue weighted by Crippen LogP contribution is -2.27. The standard InChI is InChI=1S/C20H26N2O5S2/c1-15(2)19-14-18(10-11-20(19)27-3)28(23,24)21-16-6-8-17(9-7-16)29(25,26)22-12-4-5-13-22/h6-11,14-15,21H,4-5,12-13H2,1-3H3. The number of nitrogens with zero attached hydrogens (tertiary/aromatic N) is 1. The molecule has 0 aliphatic carbocycles. The van der Waals surface area contributed by atoms with Crippen LogP contribution in [0.1, 0.15) is 38.2 Å². The van der Waals surface area contributed by atoms with Crippen molar-refractivity contribution in [3.8, 4) is 5.75 Å². The summed E-state index contributed by atoms with van der Waals surface area (Å²) in [7, 11) is -5.81. The Hall–Kier alpha value is -2.10. The fourth-order valence-corrected chi connectivity index (χ4v) is 5.93. The summed E-state index contributed by atoms with van der Waals surface area (Å²) in [6.45, 7) is 4.96. The monoisotopic (exact) mass is 438 g/mol. The highest BCUT2D eigenvalue weighted by molar-refractivity contribution is 7.92. The van der Waals surface area contributed by atoms with E-state index < -0.39 is 20.0 Å². The first-order valence-corrected chi connectivity index (χ1v) is 12.4. The van der Waals surface area contributed by atoms with E-state index in [2.05, 4.69) is 4.72 Å². The van der Waals surface area contributed by atoms with Crippen LogP contribution in [0.2, 0.25) is 0 Å². The quantitative estimate of drug-likeness (QED) is 0.715. The van der Waals surface area contributed by atoms with Gasteiger partial charge in [-0.2, -0.15) is 4.31 Å². The van der Waals surface area contributed by atoms with Gasteiger partial charge in [-0.1, -0.05) is 13.8 Å². The van der Waals surface area contributed by atoms with Crippen molar-refractivity contribution in [3.05, 3.63) is 48.0 Å². The lowest BCUT2D eigenvalue weighted by atomic mass is 10.0. The molecule has 9 heteroatoms. The number of ether oxygens (including phenoxy) is 1. The van der Waals surface area contributed by atoms with E-state index in [0.29, 0.717) is 24.5 Å². The van der Waals surface area contributed by atoms with E-state index >= 15 is 0 Å². The fraction of sp³-hybridized carbons (Fsp3) is 0.400. The smallest absolute Gasteiger partial charge is 0.261 e. The summed E-state index contributed by atoms with van der Waals surface area (Å²) in [6, 6.07) is 10.5. The molecule has 29 heavy (non-hydrogen) atoms. The third-order valence-corrected chi connectivity index (χ3v) is 8.23. The lowest BCUT2D eigenvalue weighted by Gasteiger charge is -2.16. The number of nitrogens with one attached hydrogen (secondary N) is 1. The van der Waals surface area contributed by atoms with Gasteiger partial charge < -0.3 is 4.74 Å². The summed E-state index contributed by atoms with van der Waals surface area (Å²) >= 11 is 0. The Morgan fingerprint density at radius 1 is 0.931 bits per heavy atom. The summed E-state index contributed by atoms with van der Waals surface area (Å²) in [6.07, 6.45) is 1.72. The van der Waals surface area contributed by atoms with Crippen molar-refractivity contribution in [2.75, 3.05) is 24.9 Å². The highest BCUT2D eigenvalue weighted by Crippen LogP contribution is 2.30. The van der Waals surface area contributed by atoms with E-state index in [9.17, 15) is 16.8 Å². The first-order valence-electron chi connectivity index (χ1n) is 9.46. The van der Waals surface area contributed by atoms with Gasteiger partial charge in [-0.3, -0.25) is 4.72 Å². The van der Waals surface area contributed by atoms with E-state index in [1.165, 1.54) is 34.6 Å². The molecule has 1 fully saturated rings. The van der Waals surface area contributed by atoms with Crippen LogP contribution in [0.25, 0.3) is 0 Å². The average molecular weight is 439 g/mol. The van der Waals surface area contributed by atoms with Crippen LogP contribution >= 0.6 is 0 Å². The summed E-state index contributed by atoms with van der Waals surface area (Å²) in [4.78, 5) is 0.282. The molecule has 2 aromatic rings. The van der Waals surface area contributed by atoms with Crippen LogP contribution in [0.4, 0.5) is 5.69 Å². The van der Waals surface area contributed by atoms with E-state index in [1.807, 2.05) is 13.8 Å². The van der Waals surface area contributed by atoms with Crippen LogP contribution < -0.4 is 9.46 Å². The molecular formula is C20H26N2O5S2. The lowest BCUT2D eigenvalue weighted by molar-refractivity contribution is 0.407. The van der Waals surface area contributed by atoms with Gasteiger partial charge in [0.05, 0.1) is 16.9 Å². The predicted molar refractivity (Wildman–Crippen MR) is 112 cm³/mol. The Labute approximate surface area is 172 Å². The second-order valence-electron chi connectivity index (χ2n) is 7.30. The summed E-state index contributed by atoms with van der Waals surface area (Å²) in [5.41, 5.74) is 1.09. The van der Waals surface area contributed by atoms with Gasteiger partial charge in [0.1, 0.15) is 5.75 Å². The molecule has 0 spiro atoms. The van der Waals surface area contributed by atoms with Gasteiger partial charge in [-0.05, 0) is 66.8 Å². The van der Waals surface area contributed by atoms with Crippen molar-refractivity contribution >= 4 is 25.7 Å². The van der Waals surface area contributed by atoms with Gasteiger partial charge in [-0.25, -0.2) is 16.8 Å². The molecule has 7 nitrogen and oxygen atoms in total. The van der Waals surface area contributed by atoms with Crippen molar-refractivity contribution in [2.45, 2.75) is 42.4 Å². The molecule has 0 saturated carbocycles. The molecule has 1 aliphatic rings. The van der Waals surface area contributed by atoms with Crippen LogP contribution in [0.15, 0.2) is 52.3 Å². The largest absolute Gasteiger partial charge is 0.496 e. The molecular weight excluding hydrogens is 412 g/mol. The van der Waals surface area contributed by atoms with Gasteiger partial charge in [0.25, 0.3) is 10.0 Å². The number of hydrogen-bond acceptors (Lipinski definition) is 5. The maximum absolute atomic E-state index is 12.8. The van der Waals surface area contributed by atoms with Crippen molar-refractivity contribution in [1.29, 1.82) is 0 Å². The molecule has 158 valence electrons. The normalized spacial score (nSPS) is 15.6. The summed E-state index contributed by atoms with van der Waals surface area (Å²) < 4.78 is 60.0. The number of sulfonamides is 2. The molecule has 1 N–H and O–H groups in total. The Bertz CT molecular complexity index is 1070. The number of benzene rings is 2. The number of anilines is 1. The number of hydrogen-bond donors (Lipinski definition) is 1. The molecule has 2 aromatic carbocycles. The van der Waals surface area contributed by atoms with E-state index in [1.54, 1.807) is 19.2 Å². The van der Waals surface area contributed by atoms with E-state index in [-0.39, 0.29) is 15.7 Å². The fourth-order valence-electron chi connectivity index (χ4n) is 3.32. The maximum Gasteiger partial charge on any atom is 0.261 e. The zero-order valence-corrected chi connectivity index (χ0v) is 18.4. The van der Waals surface area contributed by atoms with Gasteiger partial charge in [0.2, 0.25) is 10.0 Å². The first-order chi connectivity index (χ1) is 13.6. The maximum atomic E-state index is 12.8. The minimum atomic E-state index is -3.82. The van der Waals surface area contributed by atoms with Crippen molar-refractivity contribution in [3.63, 3.8) is 0 Å². The molecule has 1 heterocycles. The molecule has 0 atom stereocenters. The topological polar surface area (TPSA) is 92.8 Å². The first kappa shape index (κ1) is 21.6. The zero-order chi connectivity index (χ0) is 21.2. The SMILES string of the molecule is COc1ccc(S(=O)(=O)Nc2ccc(S(=O)(=O)N3CCCC3)cc2)cc1C(C)C. The number of methoxy groups -OCH3 is 1. The Balaban J connectivity index is 1.83. The van der Waals surface area contributed by atoms with Crippen LogP contribution in [0.5, 0.6) is 5.75 Å². The van der Waals surface area contributed by atoms with Crippen LogP contribution in [0, 0.1) is 0 Å². The van der Waals surface area contributed by atoms with Crippen LogP contribution in [-0.4, -0.2) is 41.3 Å².